The molecule has 1 N–H and O–H groups in total. The molecule has 1 amide bonds. The van der Waals surface area contributed by atoms with Gasteiger partial charge in [0, 0.05) is 13.0 Å². The van der Waals surface area contributed by atoms with E-state index in [2.05, 4.69) is 5.32 Å². The molecule has 0 aromatic heterocycles. The largest absolute Gasteiger partial charge is 0.449 e. The van der Waals surface area contributed by atoms with Crippen molar-refractivity contribution in [3.05, 3.63) is 0 Å². The number of hydrogen-bond donors (Lipinski definition) is 1. The molecule has 0 aliphatic carbocycles. The van der Waals surface area contributed by atoms with Crippen molar-refractivity contribution in [3.63, 3.8) is 0 Å². The Labute approximate surface area is 72.3 Å². The maximum atomic E-state index is 10.8. The van der Waals surface area contributed by atoms with Crippen molar-refractivity contribution in [2.75, 3.05) is 13.2 Å². The summed E-state index contributed by atoms with van der Waals surface area (Å²) in [7, 11) is 0. The number of alkyl carbamates (subject to hydrolysis) is 1. The zero-order valence-corrected chi connectivity index (χ0v) is 7.42. The summed E-state index contributed by atoms with van der Waals surface area (Å²) in [4.78, 5) is 20.5. The zero-order chi connectivity index (χ0) is 9.40. The first-order valence-electron chi connectivity index (χ1n) is 3.92. The highest BCUT2D eigenvalue weighted by molar-refractivity contribution is 5.67. The molecule has 0 aliphatic rings. The summed E-state index contributed by atoms with van der Waals surface area (Å²) >= 11 is 0. The number of carbonyl (C=O) groups excluding carboxylic acids is 2. The highest BCUT2D eigenvalue weighted by atomic mass is 16.5. The Balaban J connectivity index is 3.27. The third-order valence-corrected chi connectivity index (χ3v) is 1.04. The van der Waals surface area contributed by atoms with Crippen LogP contribution < -0.4 is 5.32 Å². The van der Waals surface area contributed by atoms with Gasteiger partial charge in [-0.25, -0.2) is 4.79 Å². The summed E-state index contributed by atoms with van der Waals surface area (Å²) in [5.41, 5.74) is 0. The van der Waals surface area contributed by atoms with Crippen molar-refractivity contribution < 1.29 is 14.3 Å². The van der Waals surface area contributed by atoms with Crippen LogP contribution in [0.1, 0.15) is 20.3 Å². The van der Waals surface area contributed by atoms with E-state index in [1.807, 2.05) is 13.8 Å². The van der Waals surface area contributed by atoms with Gasteiger partial charge in [-0.05, 0) is 5.92 Å². The summed E-state index contributed by atoms with van der Waals surface area (Å²) in [6.45, 7) is 4.59. The van der Waals surface area contributed by atoms with Crippen molar-refractivity contribution >= 4 is 12.4 Å². The van der Waals surface area contributed by atoms with Crippen LogP contribution in [-0.4, -0.2) is 25.5 Å². The first-order valence-corrected chi connectivity index (χ1v) is 3.92. The van der Waals surface area contributed by atoms with E-state index < -0.39 is 6.09 Å². The van der Waals surface area contributed by atoms with Crippen LogP contribution in [0.15, 0.2) is 0 Å². The van der Waals surface area contributed by atoms with E-state index in [1.165, 1.54) is 0 Å². The normalized spacial score (nSPS) is 9.58. The smallest absolute Gasteiger partial charge is 0.407 e. The van der Waals surface area contributed by atoms with Crippen LogP contribution in [0.3, 0.4) is 0 Å². The number of ether oxygens (including phenoxy) is 1. The molecule has 0 aromatic carbocycles. The molecule has 0 bridgehead atoms. The van der Waals surface area contributed by atoms with Gasteiger partial charge in [0.05, 0.1) is 6.61 Å². The molecule has 0 heterocycles. The second-order valence-electron chi connectivity index (χ2n) is 2.81. The Bertz CT molecular complexity index is 145. The minimum absolute atomic E-state index is 0.205. The minimum atomic E-state index is -0.473. The van der Waals surface area contributed by atoms with Crippen molar-refractivity contribution in [1.29, 1.82) is 0 Å². The number of rotatable bonds is 5. The van der Waals surface area contributed by atoms with Crippen molar-refractivity contribution in [3.8, 4) is 0 Å². The lowest BCUT2D eigenvalue weighted by Gasteiger charge is -2.06. The molecular weight excluding hydrogens is 158 g/mol. The number of carbonyl (C=O) groups is 1. The molecular formula is C8H14NO3. The zero-order valence-electron chi connectivity index (χ0n) is 7.42. The molecule has 0 fully saturated rings. The summed E-state index contributed by atoms with van der Waals surface area (Å²) in [5.74, 6) is 0.327. The van der Waals surface area contributed by atoms with Gasteiger partial charge in [0.25, 0.3) is 0 Å². The maximum absolute atomic E-state index is 10.8. The molecule has 0 atom stereocenters. The minimum Gasteiger partial charge on any atom is -0.449 e. The second kappa shape index (κ2) is 6.64. The van der Waals surface area contributed by atoms with Crippen LogP contribution in [0, 0.1) is 5.92 Å². The van der Waals surface area contributed by atoms with Gasteiger partial charge in [-0.3, -0.25) is 4.79 Å². The Kier molecular flexibility index (Phi) is 6.05. The number of nitrogens with one attached hydrogen (secondary N) is 1. The molecule has 0 aliphatic heterocycles. The van der Waals surface area contributed by atoms with Crippen molar-refractivity contribution in [1.82, 2.24) is 5.32 Å². The lowest BCUT2D eigenvalue weighted by atomic mass is 10.2. The van der Waals surface area contributed by atoms with E-state index in [9.17, 15) is 9.59 Å². The molecule has 0 saturated heterocycles. The third-order valence-electron chi connectivity index (χ3n) is 1.04. The van der Waals surface area contributed by atoms with Gasteiger partial charge in [-0.15, -0.1) is 0 Å². The van der Waals surface area contributed by atoms with E-state index in [1.54, 1.807) is 6.29 Å². The highest BCUT2D eigenvalue weighted by Gasteiger charge is 2.01. The van der Waals surface area contributed by atoms with Crippen molar-refractivity contribution in [2.45, 2.75) is 20.3 Å². The van der Waals surface area contributed by atoms with Crippen molar-refractivity contribution in [2.24, 2.45) is 5.92 Å². The maximum Gasteiger partial charge on any atom is 0.407 e. The lowest BCUT2D eigenvalue weighted by molar-refractivity contribution is 0.133. The predicted octanol–water partition coefficient (Wildman–Crippen LogP) is 0.868. The van der Waals surface area contributed by atoms with E-state index in [-0.39, 0.29) is 6.42 Å². The number of hydrogen-bond acceptors (Lipinski definition) is 3. The molecule has 4 nitrogen and oxygen atoms in total. The van der Waals surface area contributed by atoms with Crippen LogP contribution in [0.4, 0.5) is 4.79 Å². The van der Waals surface area contributed by atoms with Gasteiger partial charge >= 0.3 is 6.09 Å². The Hall–Kier alpha value is -1.06. The molecule has 12 heavy (non-hydrogen) atoms. The predicted molar refractivity (Wildman–Crippen MR) is 44.5 cm³/mol. The Morgan fingerprint density at radius 3 is 2.75 bits per heavy atom. The Morgan fingerprint density at radius 1 is 1.58 bits per heavy atom. The van der Waals surface area contributed by atoms with Gasteiger partial charge in [0.15, 0.2) is 6.29 Å². The van der Waals surface area contributed by atoms with Crippen LogP contribution in [0.2, 0.25) is 0 Å². The molecule has 1 radical (unpaired) electrons. The monoisotopic (exact) mass is 172 g/mol. The standard InChI is InChI=1S/C8H14NO3/c1-7(2)6-12-8(11)9-4-3-5-10/h7H,3-4,6H2,1-2H3,(H,9,11). The molecule has 0 spiro atoms. The molecule has 0 saturated carbocycles. The quantitative estimate of drug-likeness (QED) is 0.626. The molecule has 4 heteroatoms. The molecule has 0 unspecified atom stereocenters. The van der Waals surface area contributed by atoms with Crippen LogP contribution in [-0.2, 0) is 9.53 Å². The molecule has 69 valence electrons. The number of amides is 1. The van der Waals surface area contributed by atoms with Crippen LogP contribution in [0.25, 0.3) is 0 Å². The molecule has 0 aromatic rings. The Morgan fingerprint density at radius 2 is 2.25 bits per heavy atom. The van der Waals surface area contributed by atoms with E-state index >= 15 is 0 Å². The third kappa shape index (κ3) is 7.05. The first-order chi connectivity index (χ1) is 5.66. The van der Waals surface area contributed by atoms with E-state index in [4.69, 9.17) is 4.74 Å². The van der Waals surface area contributed by atoms with Gasteiger partial charge < -0.3 is 10.1 Å². The average molecular weight is 172 g/mol. The summed E-state index contributed by atoms with van der Waals surface area (Å²) in [6.07, 6.45) is 1.40. The van der Waals surface area contributed by atoms with E-state index in [0.29, 0.717) is 19.1 Å². The highest BCUT2D eigenvalue weighted by Crippen LogP contribution is 1.92. The fraction of sp³-hybridized carbons (Fsp3) is 0.750. The summed E-state index contributed by atoms with van der Waals surface area (Å²) in [6, 6.07) is 0. The first kappa shape index (κ1) is 10.9. The van der Waals surface area contributed by atoms with Gasteiger partial charge in [0.2, 0.25) is 0 Å². The van der Waals surface area contributed by atoms with Gasteiger partial charge in [0.1, 0.15) is 0 Å². The second-order valence-corrected chi connectivity index (χ2v) is 2.81. The van der Waals surface area contributed by atoms with E-state index in [0.717, 1.165) is 0 Å². The van der Waals surface area contributed by atoms with Crippen LogP contribution >= 0.6 is 0 Å². The topological polar surface area (TPSA) is 55.4 Å². The fourth-order valence-corrected chi connectivity index (χ4v) is 0.509. The van der Waals surface area contributed by atoms with Gasteiger partial charge in [-0.2, -0.15) is 0 Å². The lowest BCUT2D eigenvalue weighted by Crippen LogP contribution is -2.26. The summed E-state index contributed by atoms with van der Waals surface area (Å²) in [5, 5.41) is 2.42. The summed E-state index contributed by atoms with van der Waals surface area (Å²) < 4.78 is 4.77. The molecule has 0 rings (SSSR count). The fourth-order valence-electron chi connectivity index (χ4n) is 0.509. The van der Waals surface area contributed by atoms with Gasteiger partial charge in [-0.1, -0.05) is 13.8 Å². The average Bonchev–Trinajstić information content (AvgIpc) is 2.01. The SMILES string of the molecule is CC(C)COC(=O)NCC[C]=O. The van der Waals surface area contributed by atoms with Crippen LogP contribution in [0.5, 0.6) is 0 Å².